The molecule has 0 bridgehead atoms. The van der Waals surface area contributed by atoms with Crippen molar-refractivity contribution in [2.24, 2.45) is 5.92 Å². The molecule has 1 unspecified atom stereocenters. The molecule has 1 aliphatic rings. The fourth-order valence-electron chi connectivity index (χ4n) is 3.13. The molecule has 144 valence electrons. The molecule has 1 N–H and O–H groups in total. The number of benzene rings is 1. The predicted octanol–water partition coefficient (Wildman–Crippen LogP) is 3.39. The first-order valence-corrected chi connectivity index (χ1v) is 10.1. The number of nitrogens with one attached hydrogen (secondary N) is 1. The molecule has 1 aromatic carbocycles. The van der Waals surface area contributed by atoms with Gasteiger partial charge in [-0.3, -0.25) is 14.9 Å². The highest BCUT2D eigenvalue weighted by molar-refractivity contribution is 7.15. The number of para-hydroxylation sites is 1. The van der Waals surface area contributed by atoms with Gasteiger partial charge in [0.25, 0.3) is 5.91 Å². The lowest BCUT2D eigenvalue weighted by molar-refractivity contribution is -0.148. The van der Waals surface area contributed by atoms with Gasteiger partial charge in [-0.2, -0.15) is 0 Å². The van der Waals surface area contributed by atoms with Crippen molar-refractivity contribution < 1.29 is 19.1 Å². The van der Waals surface area contributed by atoms with E-state index in [2.05, 4.69) is 10.3 Å². The van der Waals surface area contributed by atoms with E-state index in [4.69, 9.17) is 9.47 Å². The number of thiazole rings is 1. The van der Waals surface area contributed by atoms with Crippen molar-refractivity contribution in [2.75, 3.05) is 18.5 Å². The molecule has 1 aliphatic carbocycles. The molecule has 0 fully saturated rings. The van der Waals surface area contributed by atoms with Crippen LogP contribution in [0.25, 0.3) is 0 Å². The molecule has 0 radical (unpaired) electrons. The summed E-state index contributed by atoms with van der Waals surface area (Å²) in [6.07, 6.45) is 2.94. The van der Waals surface area contributed by atoms with Crippen LogP contribution < -0.4 is 10.1 Å². The molecule has 2 aromatic rings. The van der Waals surface area contributed by atoms with Crippen LogP contribution >= 0.6 is 11.3 Å². The Morgan fingerprint density at radius 1 is 1.30 bits per heavy atom. The number of hydrogen-bond acceptors (Lipinski definition) is 6. The molecule has 1 amide bonds. The van der Waals surface area contributed by atoms with E-state index in [-0.39, 0.29) is 24.4 Å². The van der Waals surface area contributed by atoms with E-state index >= 15 is 0 Å². The third-order valence-corrected chi connectivity index (χ3v) is 5.55. The Hall–Kier alpha value is -2.41. The summed E-state index contributed by atoms with van der Waals surface area (Å²) >= 11 is 1.43. The lowest BCUT2D eigenvalue weighted by Gasteiger charge is -2.18. The highest BCUT2D eigenvalue weighted by Crippen LogP contribution is 2.33. The highest BCUT2D eigenvalue weighted by atomic mass is 32.1. The normalized spacial score (nSPS) is 15.7. The van der Waals surface area contributed by atoms with Crippen LogP contribution in [0.3, 0.4) is 0 Å². The molecular weight excluding hydrogens is 364 g/mol. The minimum atomic E-state index is -0.242. The van der Waals surface area contributed by atoms with E-state index in [9.17, 15) is 9.59 Å². The molecule has 0 spiro atoms. The number of aryl methyl sites for hydroxylation is 2. The second-order valence-corrected chi connectivity index (χ2v) is 7.46. The van der Waals surface area contributed by atoms with Crippen molar-refractivity contribution >= 4 is 28.3 Å². The highest BCUT2D eigenvalue weighted by Gasteiger charge is 2.28. The number of esters is 1. The van der Waals surface area contributed by atoms with E-state index in [1.54, 1.807) is 0 Å². The van der Waals surface area contributed by atoms with Gasteiger partial charge >= 0.3 is 5.97 Å². The third-order valence-electron chi connectivity index (χ3n) is 4.52. The maximum Gasteiger partial charge on any atom is 0.309 e. The van der Waals surface area contributed by atoms with E-state index in [1.165, 1.54) is 11.3 Å². The molecule has 0 saturated carbocycles. The molecule has 7 heteroatoms. The second kappa shape index (κ2) is 8.99. The van der Waals surface area contributed by atoms with E-state index in [1.807, 2.05) is 38.1 Å². The van der Waals surface area contributed by atoms with E-state index in [0.717, 1.165) is 41.1 Å². The summed E-state index contributed by atoms with van der Waals surface area (Å²) in [5.74, 6) is 0.222. The number of anilines is 1. The number of fused-ring (bicyclic) bond motifs is 1. The van der Waals surface area contributed by atoms with Gasteiger partial charge in [-0.05, 0) is 44.2 Å². The Bertz CT molecular complexity index is 818. The Balaban J connectivity index is 1.56. The van der Waals surface area contributed by atoms with Crippen molar-refractivity contribution in [3.8, 4) is 5.75 Å². The van der Waals surface area contributed by atoms with E-state index < -0.39 is 0 Å². The smallest absolute Gasteiger partial charge is 0.309 e. The maximum absolute atomic E-state index is 12.2. The summed E-state index contributed by atoms with van der Waals surface area (Å²) in [6.45, 7) is 4.19. The van der Waals surface area contributed by atoms with Gasteiger partial charge in [-0.1, -0.05) is 25.1 Å². The predicted molar refractivity (Wildman–Crippen MR) is 104 cm³/mol. The zero-order valence-electron chi connectivity index (χ0n) is 15.6. The topological polar surface area (TPSA) is 77.5 Å². The van der Waals surface area contributed by atoms with Gasteiger partial charge in [-0.25, -0.2) is 4.98 Å². The summed E-state index contributed by atoms with van der Waals surface area (Å²) in [6, 6.07) is 7.70. The first-order valence-electron chi connectivity index (χ1n) is 9.26. The Labute approximate surface area is 162 Å². The van der Waals surface area contributed by atoms with Gasteiger partial charge in [0.15, 0.2) is 11.7 Å². The maximum atomic E-state index is 12.2. The van der Waals surface area contributed by atoms with Crippen LogP contribution in [0, 0.1) is 5.92 Å². The summed E-state index contributed by atoms with van der Waals surface area (Å²) in [5, 5.41) is 3.36. The van der Waals surface area contributed by atoms with Crippen LogP contribution in [-0.4, -0.2) is 30.1 Å². The fraction of sp³-hybridized carbons (Fsp3) is 0.450. The minimum absolute atomic E-state index is 0.0628. The first-order chi connectivity index (χ1) is 13.1. The monoisotopic (exact) mass is 388 g/mol. The number of rotatable bonds is 7. The quantitative estimate of drug-likeness (QED) is 0.736. The third kappa shape index (κ3) is 4.86. The molecule has 1 atom stereocenters. The minimum Gasteiger partial charge on any atom is -0.483 e. The van der Waals surface area contributed by atoms with Crippen molar-refractivity contribution in [1.82, 2.24) is 4.98 Å². The van der Waals surface area contributed by atoms with Gasteiger partial charge in [-0.15, -0.1) is 11.3 Å². The second-order valence-electron chi connectivity index (χ2n) is 6.38. The summed E-state index contributed by atoms with van der Waals surface area (Å²) in [5.41, 5.74) is 2.04. The number of carbonyl (C=O) groups excluding carboxylic acids is 2. The zero-order valence-corrected chi connectivity index (χ0v) is 16.4. The van der Waals surface area contributed by atoms with Gasteiger partial charge < -0.3 is 9.47 Å². The Morgan fingerprint density at radius 2 is 2.11 bits per heavy atom. The molecule has 1 aromatic heterocycles. The van der Waals surface area contributed by atoms with Crippen LogP contribution in [0.5, 0.6) is 5.75 Å². The number of amides is 1. The average Bonchev–Trinajstić information content (AvgIpc) is 3.08. The summed E-state index contributed by atoms with van der Waals surface area (Å²) in [4.78, 5) is 29.7. The number of ether oxygens (including phenoxy) is 2. The molecule has 3 rings (SSSR count). The number of aromatic nitrogens is 1. The van der Waals surface area contributed by atoms with Crippen LogP contribution in [0.4, 0.5) is 5.13 Å². The number of carbonyl (C=O) groups is 2. The van der Waals surface area contributed by atoms with Crippen molar-refractivity contribution in [3.63, 3.8) is 0 Å². The standard InChI is InChI=1S/C20H24N2O4S/c1-3-13-7-5-6-8-16(13)26-12-18(23)22-20-21-15-10-9-14(11-17(15)27-20)19(24)25-4-2/h5-8,14H,3-4,9-12H2,1-2H3,(H,21,22,23). The van der Waals surface area contributed by atoms with Crippen LogP contribution in [0.15, 0.2) is 24.3 Å². The molecule has 0 saturated heterocycles. The fourth-order valence-corrected chi connectivity index (χ4v) is 4.23. The molecule has 6 nitrogen and oxygen atoms in total. The number of hydrogen-bond donors (Lipinski definition) is 1. The molecule has 0 aliphatic heterocycles. The SMILES string of the molecule is CCOC(=O)C1CCc2nc(NC(=O)COc3ccccc3CC)sc2C1. The van der Waals surface area contributed by atoms with Crippen molar-refractivity contribution in [2.45, 2.75) is 39.5 Å². The Morgan fingerprint density at radius 3 is 2.89 bits per heavy atom. The molecule has 1 heterocycles. The van der Waals surface area contributed by atoms with Crippen molar-refractivity contribution in [1.29, 1.82) is 0 Å². The lowest BCUT2D eigenvalue weighted by Crippen LogP contribution is -2.24. The van der Waals surface area contributed by atoms with Crippen LogP contribution in [0.1, 0.15) is 36.4 Å². The lowest BCUT2D eigenvalue weighted by atomic mass is 9.91. The van der Waals surface area contributed by atoms with Gasteiger partial charge in [0.2, 0.25) is 0 Å². The van der Waals surface area contributed by atoms with Crippen molar-refractivity contribution in [3.05, 3.63) is 40.4 Å². The molecular formula is C20H24N2O4S. The Kier molecular flexibility index (Phi) is 6.45. The number of nitrogens with zero attached hydrogens (tertiary/aromatic N) is 1. The average molecular weight is 388 g/mol. The largest absolute Gasteiger partial charge is 0.483 e. The molecule has 27 heavy (non-hydrogen) atoms. The van der Waals surface area contributed by atoms with E-state index in [0.29, 0.717) is 18.2 Å². The van der Waals surface area contributed by atoms with Gasteiger partial charge in [0.05, 0.1) is 18.2 Å². The van der Waals surface area contributed by atoms with Gasteiger partial charge in [0.1, 0.15) is 5.75 Å². The zero-order chi connectivity index (χ0) is 19.2. The summed E-state index contributed by atoms with van der Waals surface area (Å²) in [7, 11) is 0. The van der Waals surface area contributed by atoms with Crippen LogP contribution in [-0.2, 0) is 33.6 Å². The van der Waals surface area contributed by atoms with Crippen LogP contribution in [0.2, 0.25) is 0 Å². The van der Waals surface area contributed by atoms with Gasteiger partial charge in [0, 0.05) is 4.88 Å². The summed E-state index contributed by atoms with van der Waals surface area (Å²) < 4.78 is 10.8. The first kappa shape index (κ1) is 19.4.